The summed E-state index contributed by atoms with van der Waals surface area (Å²) in [7, 11) is 3.16. The van der Waals surface area contributed by atoms with Crippen molar-refractivity contribution in [2.75, 3.05) is 19.5 Å². The molecule has 0 aliphatic heterocycles. The number of halogens is 1. The first-order chi connectivity index (χ1) is 15.0. The molecule has 0 bridgehead atoms. The molecule has 0 radical (unpaired) electrons. The van der Waals surface area contributed by atoms with Gasteiger partial charge in [0.2, 0.25) is 0 Å². The van der Waals surface area contributed by atoms with Crippen LogP contribution in [0.15, 0.2) is 54.7 Å². The number of hydrogen-bond donors (Lipinski definition) is 1. The minimum absolute atomic E-state index is 0.227. The van der Waals surface area contributed by atoms with Crippen LogP contribution in [0.5, 0.6) is 11.5 Å². The zero-order chi connectivity index (χ0) is 22.0. The summed E-state index contributed by atoms with van der Waals surface area (Å²) in [5, 5.41) is 7.52. The topological polar surface area (TPSA) is 78.3 Å². The number of aryl methyl sites for hydroxylation is 1. The first kappa shape index (κ1) is 20.5. The van der Waals surface area contributed by atoms with Gasteiger partial charge >= 0.3 is 0 Å². The van der Waals surface area contributed by atoms with Gasteiger partial charge in [-0.3, -0.25) is 10.1 Å². The Morgan fingerprint density at radius 2 is 1.81 bits per heavy atom. The van der Waals surface area contributed by atoms with E-state index in [1.54, 1.807) is 38.6 Å². The molecule has 0 aliphatic rings. The molecule has 0 saturated heterocycles. The minimum atomic E-state index is -0.381. The number of rotatable bonds is 6. The number of carbonyl (C=O) groups excluding carboxylic acids is 1. The molecular weight excluding hydrogens is 419 g/mol. The number of nitrogens with zero attached hydrogens (tertiary/aromatic N) is 3. The number of hydrogen-bond acceptors (Lipinski definition) is 6. The lowest BCUT2D eigenvalue weighted by Crippen LogP contribution is -2.13. The van der Waals surface area contributed by atoms with E-state index in [0.717, 1.165) is 16.1 Å². The number of methoxy groups -OCH3 is 2. The Balaban J connectivity index is 1.53. The molecule has 0 unspecified atom stereocenters. The van der Waals surface area contributed by atoms with E-state index in [1.165, 1.54) is 28.2 Å². The maximum atomic E-state index is 13.1. The van der Waals surface area contributed by atoms with Crippen molar-refractivity contribution in [2.45, 2.75) is 6.92 Å². The highest BCUT2D eigenvalue weighted by molar-refractivity contribution is 7.16. The maximum absolute atomic E-state index is 13.1. The molecule has 0 atom stereocenters. The molecule has 1 amide bonds. The fraction of sp³-hybridized carbons (Fsp3) is 0.136. The largest absolute Gasteiger partial charge is 0.493 e. The van der Waals surface area contributed by atoms with Gasteiger partial charge in [0.1, 0.15) is 5.82 Å². The van der Waals surface area contributed by atoms with Gasteiger partial charge in [-0.1, -0.05) is 0 Å². The van der Waals surface area contributed by atoms with Gasteiger partial charge in [-0.25, -0.2) is 14.1 Å². The number of anilines is 1. The first-order valence-corrected chi connectivity index (χ1v) is 10.1. The van der Waals surface area contributed by atoms with Crippen LogP contribution < -0.4 is 14.8 Å². The van der Waals surface area contributed by atoms with Gasteiger partial charge in [-0.2, -0.15) is 5.10 Å². The summed E-state index contributed by atoms with van der Waals surface area (Å²) in [4.78, 5) is 18.1. The number of nitrogens with one attached hydrogen (secondary N) is 1. The van der Waals surface area contributed by atoms with Crippen molar-refractivity contribution >= 4 is 22.4 Å². The van der Waals surface area contributed by atoms with E-state index in [4.69, 9.17) is 9.47 Å². The predicted molar refractivity (Wildman–Crippen MR) is 117 cm³/mol. The predicted octanol–water partition coefficient (Wildman–Crippen LogP) is 4.71. The molecule has 0 saturated carbocycles. The van der Waals surface area contributed by atoms with Crippen LogP contribution >= 0.6 is 11.3 Å². The van der Waals surface area contributed by atoms with Crippen LogP contribution in [0.3, 0.4) is 0 Å². The van der Waals surface area contributed by atoms with Crippen molar-refractivity contribution in [3.63, 3.8) is 0 Å². The van der Waals surface area contributed by atoms with Crippen LogP contribution in [0.4, 0.5) is 9.52 Å². The van der Waals surface area contributed by atoms with E-state index in [0.29, 0.717) is 22.3 Å². The van der Waals surface area contributed by atoms with Crippen LogP contribution in [-0.2, 0) is 0 Å². The fourth-order valence-corrected chi connectivity index (χ4v) is 3.88. The van der Waals surface area contributed by atoms with Crippen LogP contribution in [0.25, 0.3) is 16.9 Å². The average molecular weight is 438 g/mol. The van der Waals surface area contributed by atoms with E-state index in [1.807, 2.05) is 25.1 Å². The summed E-state index contributed by atoms with van der Waals surface area (Å²) >= 11 is 1.37. The van der Waals surface area contributed by atoms with Crippen LogP contribution in [0.2, 0.25) is 0 Å². The van der Waals surface area contributed by atoms with E-state index in [9.17, 15) is 9.18 Å². The first-order valence-electron chi connectivity index (χ1n) is 9.31. The molecule has 31 heavy (non-hydrogen) atoms. The molecule has 9 heteroatoms. The summed E-state index contributed by atoms with van der Waals surface area (Å²) in [6, 6.07) is 13.0. The Morgan fingerprint density at radius 1 is 1.06 bits per heavy atom. The maximum Gasteiger partial charge on any atom is 0.277 e. The van der Waals surface area contributed by atoms with Gasteiger partial charge < -0.3 is 9.47 Å². The molecule has 0 aliphatic carbocycles. The molecule has 2 aromatic carbocycles. The highest BCUT2D eigenvalue weighted by atomic mass is 32.1. The number of thiazole rings is 1. The number of aromatic nitrogens is 3. The van der Waals surface area contributed by atoms with Crippen molar-refractivity contribution in [3.05, 3.63) is 71.1 Å². The van der Waals surface area contributed by atoms with Crippen molar-refractivity contribution in [3.8, 4) is 28.4 Å². The second-order valence-corrected chi connectivity index (χ2v) is 7.77. The third-order valence-corrected chi connectivity index (χ3v) is 5.47. The SMILES string of the molecule is COc1ccc(-c2nc(NC(=O)c3ccn(-c4ccc(F)cc4)n3)sc2C)cc1OC. The molecule has 158 valence electrons. The summed E-state index contributed by atoms with van der Waals surface area (Å²) in [5.74, 6) is 0.514. The molecule has 7 nitrogen and oxygen atoms in total. The second-order valence-electron chi connectivity index (χ2n) is 6.57. The number of carbonyl (C=O) groups is 1. The minimum Gasteiger partial charge on any atom is -0.493 e. The van der Waals surface area contributed by atoms with E-state index in [-0.39, 0.29) is 17.4 Å². The Labute approximate surface area is 182 Å². The second kappa shape index (κ2) is 8.57. The fourth-order valence-electron chi connectivity index (χ4n) is 3.05. The van der Waals surface area contributed by atoms with Crippen molar-refractivity contribution in [1.29, 1.82) is 0 Å². The quantitative estimate of drug-likeness (QED) is 0.472. The van der Waals surface area contributed by atoms with E-state index < -0.39 is 0 Å². The van der Waals surface area contributed by atoms with E-state index >= 15 is 0 Å². The molecule has 0 fully saturated rings. The lowest BCUT2D eigenvalue weighted by molar-refractivity contribution is 0.102. The molecule has 4 rings (SSSR count). The highest BCUT2D eigenvalue weighted by Crippen LogP contribution is 2.36. The Hall–Kier alpha value is -3.72. The number of ether oxygens (including phenoxy) is 2. The Kier molecular flexibility index (Phi) is 5.68. The zero-order valence-electron chi connectivity index (χ0n) is 17.0. The van der Waals surface area contributed by atoms with Crippen LogP contribution in [0, 0.1) is 12.7 Å². The Bertz CT molecular complexity index is 1230. The van der Waals surface area contributed by atoms with Gasteiger partial charge in [-0.05, 0) is 55.5 Å². The third-order valence-electron chi connectivity index (χ3n) is 4.59. The summed E-state index contributed by atoms with van der Waals surface area (Å²) in [5.41, 5.74) is 2.48. The third kappa shape index (κ3) is 4.26. The van der Waals surface area contributed by atoms with Gasteiger partial charge in [0.25, 0.3) is 5.91 Å². The van der Waals surface area contributed by atoms with Gasteiger partial charge in [0, 0.05) is 16.6 Å². The highest BCUT2D eigenvalue weighted by Gasteiger charge is 2.16. The summed E-state index contributed by atoms with van der Waals surface area (Å²) in [6.07, 6.45) is 1.64. The van der Waals surface area contributed by atoms with Crippen LogP contribution in [-0.4, -0.2) is 34.9 Å². The molecule has 1 N–H and O–H groups in total. The Morgan fingerprint density at radius 3 is 2.52 bits per heavy atom. The van der Waals surface area contributed by atoms with Gasteiger partial charge in [0.05, 0.1) is 25.6 Å². The van der Waals surface area contributed by atoms with Gasteiger partial charge in [0.15, 0.2) is 22.3 Å². The molecule has 0 spiro atoms. The zero-order valence-corrected chi connectivity index (χ0v) is 17.9. The summed E-state index contributed by atoms with van der Waals surface area (Å²) < 4.78 is 25.3. The van der Waals surface area contributed by atoms with Crippen molar-refractivity contribution < 1.29 is 18.7 Å². The van der Waals surface area contributed by atoms with Crippen LogP contribution in [0.1, 0.15) is 15.4 Å². The standard InChI is InChI=1S/C22H19FN4O3S/c1-13-20(14-4-9-18(29-2)19(12-14)30-3)24-22(31-13)25-21(28)17-10-11-27(26-17)16-7-5-15(23)6-8-16/h4-12H,1-3H3,(H,24,25,28). The average Bonchev–Trinajstić information content (AvgIpc) is 3.41. The lowest BCUT2D eigenvalue weighted by Gasteiger charge is -2.08. The molecule has 4 aromatic rings. The summed E-state index contributed by atoms with van der Waals surface area (Å²) in [6.45, 7) is 1.93. The van der Waals surface area contributed by atoms with E-state index in [2.05, 4.69) is 15.4 Å². The molecular formula is C22H19FN4O3S. The van der Waals surface area contributed by atoms with Crippen molar-refractivity contribution in [1.82, 2.24) is 14.8 Å². The lowest BCUT2D eigenvalue weighted by atomic mass is 10.1. The normalized spacial score (nSPS) is 10.7. The molecule has 2 aromatic heterocycles. The van der Waals surface area contributed by atoms with Crippen molar-refractivity contribution in [2.24, 2.45) is 0 Å². The van der Waals surface area contributed by atoms with Gasteiger partial charge in [-0.15, -0.1) is 11.3 Å². The monoisotopic (exact) mass is 438 g/mol. The number of benzene rings is 2. The number of amides is 1. The molecule has 2 heterocycles. The smallest absolute Gasteiger partial charge is 0.277 e.